The SMILES string of the molecule is CCc1ccnc(C(=O)N2CCCCC2c2ncc(-c3ccccc3)[nH]2)c1. The number of rotatable bonds is 4. The van der Waals surface area contributed by atoms with Crippen molar-refractivity contribution < 1.29 is 4.79 Å². The number of likely N-dealkylation sites (tertiary alicyclic amines) is 1. The van der Waals surface area contributed by atoms with Gasteiger partial charge in [-0.25, -0.2) is 4.98 Å². The lowest BCUT2D eigenvalue weighted by atomic mass is 10.0. The first-order chi connectivity index (χ1) is 13.3. The van der Waals surface area contributed by atoms with Crippen LogP contribution in [0.1, 0.15) is 54.1 Å². The van der Waals surface area contributed by atoms with E-state index in [4.69, 9.17) is 0 Å². The number of piperidine rings is 1. The Labute approximate surface area is 159 Å². The minimum Gasteiger partial charge on any atom is -0.340 e. The van der Waals surface area contributed by atoms with Crippen molar-refractivity contribution in [1.82, 2.24) is 19.9 Å². The number of aromatic amines is 1. The molecule has 1 atom stereocenters. The Morgan fingerprint density at radius 2 is 2.04 bits per heavy atom. The lowest BCUT2D eigenvalue weighted by Gasteiger charge is -2.34. The molecule has 5 heteroatoms. The van der Waals surface area contributed by atoms with Gasteiger partial charge in [0.2, 0.25) is 0 Å². The van der Waals surface area contributed by atoms with E-state index in [0.29, 0.717) is 5.69 Å². The highest BCUT2D eigenvalue weighted by Gasteiger charge is 2.31. The lowest BCUT2D eigenvalue weighted by Crippen LogP contribution is -2.39. The monoisotopic (exact) mass is 360 g/mol. The zero-order chi connectivity index (χ0) is 18.6. The zero-order valence-corrected chi connectivity index (χ0v) is 15.6. The van der Waals surface area contributed by atoms with E-state index < -0.39 is 0 Å². The highest BCUT2D eigenvalue weighted by molar-refractivity contribution is 5.92. The predicted molar refractivity (Wildman–Crippen MR) is 105 cm³/mol. The number of hydrogen-bond donors (Lipinski definition) is 1. The quantitative estimate of drug-likeness (QED) is 0.750. The van der Waals surface area contributed by atoms with Gasteiger partial charge in [-0.2, -0.15) is 0 Å². The van der Waals surface area contributed by atoms with Gasteiger partial charge >= 0.3 is 0 Å². The molecule has 3 aromatic rings. The second kappa shape index (κ2) is 7.74. The Kier molecular flexibility index (Phi) is 5.01. The summed E-state index contributed by atoms with van der Waals surface area (Å²) in [6.07, 6.45) is 7.51. The zero-order valence-electron chi connectivity index (χ0n) is 15.6. The third kappa shape index (κ3) is 3.63. The molecule has 1 N–H and O–H groups in total. The molecule has 1 aliphatic rings. The maximum Gasteiger partial charge on any atom is 0.273 e. The van der Waals surface area contributed by atoms with Gasteiger partial charge in [-0.15, -0.1) is 0 Å². The largest absolute Gasteiger partial charge is 0.340 e. The lowest BCUT2D eigenvalue weighted by molar-refractivity contribution is 0.0595. The third-order valence-corrected chi connectivity index (χ3v) is 5.21. The van der Waals surface area contributed by atoms with Gasteiger partial charge in [-0.05, 0) is 48.9 Å². The van der Waals surface area contributed by atoms with Crippen molar-refractivity contribution in [3.05, 3.63) is 71.9 Å². The van der Waals surface area contributed by atoms with Gasteiger partial charge in [-0.3, -0.25) is 9.78 Å². The summed E-state index contributed by atoms with van der Waals surface area (Å²) in [6, 6.07) is 14.0. The topological polar surface area (TPSA) is 61.9 Å². The number of aromatic nitrogens is 3. The number of carbonyl (C=O) groups excluding carboxylic acids is 1. The Hall–Kier alpha value is -2.95. The van der Waals surface area contributed by atoms with Gasteiger partial charge in [0.05, 0.1) is 17.9 Å². The van der Waals surface area contributed by atoms with E-state index in [1.807, 2.05) is 41.4 Å². The van der Waals surface area contributed by atoms with E-state index in [0.717, 1.165) is 54.9 Å². The maximum atomic E-state index is 13.2. The summed E-state index contributed by atoms with van der Waals surface area (Å²) < 4.78 is 0. The predicted octanol–water partition coefficient (Wildman–Crippen LogP) is 4.40. The van der Waals surface area contributed by atoms with Crippen molar-refractivity contribution in [2.45, 2.75) is 38.6 Å². The number of imidazole rings is 1. The Morgan fingerprint density at radius 1 is 1.19 bits per heavy atom. The van der Waals surface area contributed by atoms with Crippen LogP contribution in [0.25, 0.3) is 11.3 Å². The molecule has 0 spiro atoms. The van der Waals surface area contributed by atoms with Gasteiger partial charge in [0.1, 0.15) is 11.5 Å². The Morgan fingerprint density at radius 3 is 2.85 bits per heavy atom. The Bertz CT molecular complexity index is 919. The fourth-order valence-electron chi connectivity index (χ4n) is 3.69. The first-order valence-corrected chi connectivity index (χ1v) is 9.62. The van der Waals surface area contributed by atoms with Crippen LogP contribution >= 0.6 is 0 Å². The van der Waals surface area contributed by atoms with Crippen LogP contribution in [0.4, 0.5) is 0 Å². The van der Waals surface area contributed by atoms with E-state index >= 15 is 0 Å². The maximum absolute atomic E-state index is 13.2. The molecule has 3 heterocycles. The van der Waals surface area contributed by atoms with E-state index in [2.05, 4.69) is 34.0 Å². The normalized spacial score (nSPS) is 17.1. The van der Waals surface area contributed by atoms with Gasteiger partial charge in [0, 0.05) is 12.7 Å². The van der Waals surface area contributed by atoms with Crippen LogP contribution in [0.2, 0.25) is 0 Å². The van der Waals surface area contributed by atoms with Crippen LogP contribution in [0.5, 0.6) is 0 Å². The second-order valence-corrected chi connectivity index (χ2v) is 6.96. The molecule has 2 aromatic heterocycles. The molecule has 4 rings (SSSR count). The van der Waals surface area contributed by atoms with Crippen molar-refractivity contribution in [2.75, 3.05) is 6.54 Å². The van der Waals surface area contributed by atoms with Crippen LogP contribution in [0.3, 0.4) is 0 Å². The van der Waals surface area contributed by atoms with E-state index in [1.54, 1.807) is 6.20 Å². The summed E-state index contributed by atoms with van der Waals surface area (Å²) in [7, 11) is 0. The molecule has 1 amide bonds. The Balaban J connectivity index is 1.61. The number of benzene rings is 1. The number of nitrogens with one attached hydrogen (secondary N) is 1. The summed E-state index contributed by atoms with van der Waals surface area (Å²) >= 11 is 0. The van der Waals surface area contributed by atoms with E-state index in [9.17, 15) is 4.79 Å². The number of H-pyrrole nitrogens is 1. The molecule has 1 saturated heterocycles. The summed E-state index contributed by atoms with van der Waals surface area (Å²) in [5.74, 6) is 0.848. The summed E-state index contributed by atoms with van der Waals surface area (Å²) in [4.78, 5) is 27.4. The van der Waals surface area contributed by atoms with E-state index in [-0.39, 0.29) is 11.9 Å². The van der Waals surface area contributed by atoms with E-state index in [1.165, 1.54) is 0 Å². The molecule has 1 fully saturated rings. The first-order valence-electron chi connectivity index (χ1n) is 9.62. The van der Waals surface area contributed by atoms with Gasteiger partial charge in [-0.1, -0.05) is 37.3 Å². The number of hydrogen-bond acceptors (Lipinski definition) is 3. The van der Waals surface area contributed by atoms with Crippen molar-refractivity contribution in [3.8, 4) is 11.3 Å². The fourth-order valence-corrected chi connectivity index (χ4v) is 3.69. The molecule has 1 unspecified atom stereocenters. The van der Waals surface area contributed by atoms with Crippen LogP contribution in [0, 0.1) is 0 Å². The number of aryl methyl sites for hydroxylation is 1. The molecular weight excluding hydrogens is 336 g/mol. The highest BCUT2D eigenvalue weighted by atomic mass is 16.2. The molecular formula is C22H24N4O. The van der Waals surface area contributed by atoms with Crippen LogP contribution in [-0.2, 0) is 6.42 Å². The molecule has 27 heavy (non-hydrogen) atoms. The molecule has 0 radical (unpaired) electrons. The minimum atomic E-state index is -0.0317. The first kappa shape index (κ1) is 17.5. The molecule has 1 aromatic carbocycles. The van der Waals surface area contributed by atoms with Crippen LogP contribution in [0.15, 0.2) is 54.9 Å². The van der Waals surface area contributed by atoms with Gasteiger partial charge < -0.3 is 9.88 Å². The molecule has 0 aliphatic carbocycles. The molecule has 5 nitrogen and oxygen atoms in total. The summed E-state index contributed by atoms with van der Waals surface area (Å²) in [6.45, 7) is 2.82. The molecule has 138 valence electrons. The number of amides is 1. The fraction of sp³-hybridized carbons (Fsp3) is 0.318. The average Bonchev–Trinajstić information content (AvgIpc) is 3.24. The van der Waals surface area contributed by atoms with Crippen molar-refractivity contribution in [3.63, 3.8) is 0 Å². The summed E-state index contributed by atoms with van der Waals surface area (Å²) in [5, 5.41) is 0. The second-order valence-electron chi connectivity index (χ2n) is 6.96. The number of pyridine rings is 1. The smallest absolute Gasteiger partial charge is 0.273 e. The van der Waals surface area contributed by atoms with Gasteiger partial charge in [0.15, 0.2) is 0 Å². The highest BCUT2D eigenvalue weighted by Crippen LogP contribution is 2.31. The minimum absolute atomic E-state index is 0.00680. The van der Waals surface area contributed by atoms with Crippen LogP contribution in [-0.4, -0.2) is 32.3 Å². The average molecular weight is 360 g/mol. The van der Waals surface area contributed by atoms with Gasteiger partial charge in [0.25, 0.3) is 5.91 Å². The number of carbonyl (C=O) groups is 1. The third-order valence-electron chi connectivity index (χ3n) is 5.21. The van der Waals surface area contributed by atoms with Crippen molar-refractivity contribution in [1.29, 1.82) is 0 Å². The molecule has 1 aliphatic heterocycles. The van der Waals surface area contributed by atoms with Crippen LogP contribution < -0.4 is 0 Å². The van der Waals surface area contributed by atoms with Crippen molar-refractivity contribution >= 4 is 5.91 Å². The molecule has 0 bridgehead atoms. The summed E-state index contributed by atoms with van der Waals surface area (Å²) in [5.41, 5.74) is 3.74. The molecule has 0 saturated carbocycles. The van der Waals surface area contributed by atoms with Crippen molar-refractivity contribution in [2.24, 2.45) is 0 Å². The standard InChI is InChI=1S/C22H24N4O/c1-2-16-11-12-23-18(14-16)22(27)26-13-7-6-10-20(26)21-24-15-19(25-21)17-8-4-3-5-9-17/h3-5,8-9,11-12,14-15,20H,2,6-7,10,13H2,1H3,(H,24,25). The number of nitrogens with zero attached hydrogens (tertiary/aromatic N) is 3.